The molecule has 0 bridgehead atoms. The first-order chi connectivity index (χ1) is 15.2. The van der Waals surface area contributed by atoms with Crippen LogP contribution in [0.4, 0.5) is 0 Å². The second kappa shape index (κ2) is 10.6. The first-order valence-electron chi connectivity index (χ1n) is 10.8. The zero-order valence-electron chi connectivity index (χ0n) is 18.0. The minimum Gasteiger partial charge on any atom is -0.341 e. The highest BCUT2D eigenvalue weighted by molar-refractivity contribution is 7.99. The SMILES string of the molecule is Cc1nnc(SCC(=O)N2CCCN(Cc3ccccc3)CC2)n1Cc1ccccc1. The number of thioether (sulfide) groups is 1. The van der Waals surface area contributed by atoms with Crippen LogP contribution in [0.1, 0.15) is 23.4 Å². The topological polar surface area (TPSA) is 54.3 Å². The van der Waals surface area contributed by atoms with E-state index >= 15 is 0 Å². The largest absolute Gasteiger partial charge is 0.341 e. The number of benzene rings is 2. The molecule has 4 rings (SSSR count). The molecule has 1 saturated heterocycles. The van der Waals surface area contributed by atoms with Gasteiger partial charge in [0.25, 0.3) is 0 Å². The maximum Gasteiger partial charge on any atom is 0.233 e. The van der Waals surface area contributed by atoms with Crippen LogP contribution >= 0.6 is 11.8 Å². The first kappa shape index (κ1) is 21.6. The van der Waals surface area contributed by atoms with Gasteiger partial charge in [-0.15, -0.1) is 10.2 Å². The van der Waals surface area contributed by atoms with Crippen molar-refractivity contribution in [1.29, 1.82) is 0 Å². The standard InChI is InChI=1S/C24H29N5OS/c1-20-25-26-24(29(20)18-22-11-6-3-7-12-22)31-19-23(30)28-14-8-13-27(15-16-28)17-21-9-4-2-5-10-21/h2-7,9-12H,8,13-19H2,1H3. The van der Waals surface area contributed by atoms with Gasteiger partial charge in [-0.3, -0.25) is 9.69 Å². The Hall–Kier alpha value is -2.64. The summed E-state index contributed by atoms with van der Waals surface area (Å²) in [6.07, 6.45) is 1.01. The lowest BCUT2D eigenvalue weighted by molar-refractivity contribution is -0.128. The summed E-state index contributed by atoms with van der Waals surface area (Å²) < 4.78 is 2.08. The summed E-state index contributed by atoms with van der Waals surface area (Å²) in [5.41, 5.74) is 2.52. The van der Waals surface area contributed by atoms with Gasteiger partial charge in [0, 0.05) is 32.7 Å². The van der Waals surface area contributed by atoms with Gasteiger partial charge in [0.15, 0.2) is 5.16 Å². The maximum atomic E-state index is 12.9. The minimum atomic E-state index is 0.179. The van der Waals surface area contributed by atoms with E-state index in [0.717, 1.165) is 50.1 Å². The number of amides is 1. The molecular formula is C24H29N5OS. The Bertz CT molecular complexity index is 976. The van der Waals surface area contributed by atoms with Crippen molar-refractivity contribution >= 4 is 17.7 Å². The maximum absolute atomic E-state index is 12.9. The molecule has 2 aromatic carbocycles. The van der Waals surface area contributed by atoms with Crippen LogP contribution in [0.3, 0.4) is 0 Å². The van der Waals surface area contributed by atoms with E-state index in [1.807, 2.05) is 36.1 Å². The molecule has 2 heterocycles. The smallest absolute Gasteiger partial charge is 0.233 e. The number of hydrogen-bond acceptors (Lipinski definition) is 5. The highest BCUT2D eigenvalue weighted by Gasteiger charge is 2.20. The van der Waals surface area contributed by atoms with Crippen molar-refractivity contribution in [2.75, 3.05) is 31.9 Å². The Morgan fingerprint density at radius 2 is 1.55 bits per heavy atom. The van der Waals surface area contributed by atoms with E-state index in [4.69, 9.17) is 0 Å². The third-order valence-electron chi connectivity index (χ3n) is 5.60. The molecule has 1 amide bonds. The Labute approximate surface area is 188 Å². The molecule has 1 aliphatic heterocycles. The number of aryl methyl sites for hydroxylation is 1. The molecule has 3 aromatic rings. The second-order valence-electron chi connectivity index (χ2n) is 7.89. The van der Waals surface area contributed by atoms with Gasteiger partial charge in [0.1, 0.15) is 5.82 Å². The average Bonchev–Trinajstić information content (AvgIpc) is 2.99. The quantitative estimate of drug-likeness (QED) is 0.532. The second-order valence-corrected chi connectivity index (χ2v) is 8.83. The van der Waals surface area contributed by atoms with Crippen LogP contribution < -0.4 is 0 Å². The van der Waals surface area contributed by atoms with E-state index in [1.165, 1.54) is 22.9 Å². The molecule has 0 aliphatic carbocycles. The number of hydrogen-bond donors (Lipinski definition) is 0. The summed E-state index contributed by atoms with van der Waals surface area (Å²) in [6.45, 7) is 7.15. The van der Waals surface area contributed by atoms with Crippen LogP contribution in [0, 0.1) is 6.92 Å². The molecule has 0 N–H and O–H groups in total. The predicted molar refractivity (Wildman–Crippen MR) is 124 cm³/mol. The monoisotopic (exact) mass is 435 g/mol. The van der Waals surface area contributed by atoms with E-state index in [0.29, 0.717) is 12.3 Å². The number of carbonyl (C=O) groups is 1. The van der Waals surface area contributed by atoms with Crippen molar-refractivity contribution in [2.45, 2.75) is 31.6 Å². The fraction of sp³-hybridized carbons (Fsp3) is 0.375. The van der Waals surface area contributed by atoms with Crippen molar-refractivity contribution < 1.29 is 4.79 Å². The lowest BCUT2D eigenvalue weighted by Crippen LogP contribution is -2.36. The molecule has 1 aliphatic rings. The Morgan fingerprint density at radius 1 is 0.871 bits per heavy atom. The van der Waals surface area contributed by atoms with Crippen LogP contribution in [-0.4, -0.2) is 62.4 Å². The van der Waals surface area contributed by atoms with Gasteiger partial charge in [0.05, 0.1) is 12.3 Å². The summed E-state index contributed by atoms with van der Waals surface area (Å²) in [4.78, 5) is 17.3. The molecule has 0 unspecified atom stereocenters. The molecule has 162 valence electrons. The zero-order valence-corrected chi connectivity index (χ0v) is 18.8. The molecule has 0 radical (unpaired) electrons. The van der Waals surface area contributed by atoms with E-state index in [2.05, 4.69) is 56.1 Å². The van der Waals surface area contributed by atoms with Crippen LogP contribution in [0.15, 0.2) is 65.8 Å². The Morgan fingerprint density at radius 3 is 2.26 bits per heavy atom. The average molecular weight is 436 g/mol. The zero-order chi connectivity index (χ0) is 21.5. The highest BCUT2D eigenvalue weighted by atomic mass is 32.2. The lowest BCUT2D eigenvalue weighted by atomic mass is 10.2. The molecule has 1 aromatic heterocycles. The van der Waals surface area contributed by atoms with Gasteiger partial charge in [-0.25, -0.2) is 0 Å². The molecule has 6 nitrogen and oxygen atoms in total. The van der Waals surface area contributed by atoms with Crippen LogP contribution in [0.25, 0.3) is 0 Å². The van der Waals surface area contributed by atoms with Crippen molar-refractivity contribution in [3.63, 3.8) is 0 Å². The van der Waals surface area contributed by atoms with Gasteiger partial charge < -0.3 is 9.47 Å². The number of nitrogens with zero attached hydrogens (tertiary/aromatic N) is 5. The van der Waals surface area contributed by atoms with Crippen LogP contribution in [-0.2, 0) is 17.9 Å². The molecule has 1 fully saturated rings. The molecule has 0 saturated carbocycles. The lowest BCUT2D eigenvalue weighted by Gasteiger charge is -2.22. The Kier molecular flexibility index (Phi) is 7.38. The number of rotatable bonds is 7. The highest BCUT2D eigenvalue weighted by Crippen LogP contribution is 2.19. The van der Waals surface area contributed by atoms with Gasteiger partial charge in [-0.2, -0.15) is 0 Å². The third kappa shape index (κ3) is 5.95. The number of aromatic nitrogens is 3. The summed E-state index contributed by atoms with van der Waals surface area (Å²) in [7, 11) is 0. The van der Waals surface area contributed by atoms with Gasteiger partial charge in [0.2, 0.25) is 5.91 Å². The Balaban J connectivity index is 1.30. The van der Waals surface area contributed by atoms with Gasteiger partial charge in [-0.05, 0) is 24.5 Å². The predicted octanol–water partition coefficient (Wildman–Crippen LogP) is 3.46. The first-order valence-corrected chi connectivity index (χ1v) is 11.8. The number of carbonyl (C=O) groups excluding carboxylic acids is 1. The van der Waals surface area contributed by atoms with E-state index in [9.17, 15) is 4.79 Å². The van der Waals surface area contributed by atoms with Crippen molar-refractivity contribution in [1.82, 2.24) is 24.6 Å². The summed E-state index contributed by atoms with van der Waals surface area (Å²) >= 11 is 1.48. The summed E-state index contributed by atoms with van der Waals surface area (Å²) in [5, 5.41) is 9.33. The van der Waals surface area contributed by atoms with Gasteiger partial charge >= 0.3 is 0 Å². The van der Waals surface area contributed by atoms with Gasteiger partial charge in [-0.1, -0.05) is 72.4 Å². The van der Waals surface area contributed by atoms with Crippen molar-refractivity contribution in [2.24, 2.45) is 0 Å². The van der Waals surface area contributed by atoms with E-state index in [1.54, 1.807) is 0 Å². The van der Waals surface area contributed by atoms with Crippen LogP contribution in [0.5, 0.6) is 0 Å². The fourth-order valence-corrected chi connectivity index (χ4v) is 4.74. The van der Waals surface area contributed by atoms with Crippen molar-refractivity contribution in [3.8, 4) is 0 Å². The fourth-order valence-electron chi connectivity index (χ4n) is 3.85. The molecule has 7 heteroatoms. The molecule has 0 spiro atoms. The summed E-state index contributed by atoms with van der Waals surface area (Å²) in [6, 6.07) is 20.8. The van der Waals surface area contributed by atoms with E-state index in [-0.39, 0.29) is 5.91 Å². The molecule has 31 heavy (non-hydrogen) atoms. The summed E-state index contributed by atoms with van der Waals surface area (Å²) in [5.74, 6) is 1.44. The van der Waals surface area contributed by atoms with E-state index < -0.39 is 0 Å². The van der Waals surface area contributed by atoms with Crippen molar-refractivity contribution in [3.05, 3.63) is 77.6 Å². The normalized spacial score (nSPS) is 15.1. The van der Waals surface area contributed by atoms with Crippen LogP contribution in [0.2, 0.25) is 0 Å². The third-order valence-corrected chi connectivity index (χ3v) is 6.55. The molecule has 0 atom stereocenters. The minimum absolute atomic E-state index is 0.179. The molecular weight excluding hydrogens is 406 g/mol.